The molecule has 2 rings (SSSR count). The van der Waals surface area contributed by atoms with Gasteiger partial charge in [0.25, 0.3) is 5.91 Å². The Bertz CT molecular complexity index is 492. The summed E-state index contributed by atoms with van der Waals surface area (Å²) >= 11 is 0. The van der Waals surface area contributed by atoms with Crippen LogP contribution in [0.5, 0.6) is 5.75 Å². The molecule has 0 unspecified atom stereocenters. The molecule has 1 aromatic rings. The summed E-state index contributed by atoms with van der Waals surface area (Å²) in [6, 6.07) is 5.03. The van der Waals surface area contributed by atoms with E-state index in [1.807, 2.05) is 0 Å². The van der Waals surface area contributed by atoms with E-state index >= 15 is 0 Å². The first-order chi connectivity index (χ1) is 9.18. The van der Waals surface area contributed by atoms with Gasteiger partial charge in [0.05, 0.1) is 0 Å². The van der Waals surface area contributed by atoms with Crippen molar-refractivity contribution in [2.45, 2.75) is 39.0 Å². The SMILES string of the molecule is Cc1c(O)cccc1C(=O)NCCC1=CCCCC1. The first-order valence-electron chi connectivity index (χ1n) is 6.93. The standard InChI is InChI=1S/C16H21NO2/c1-12-14(8-5-9-15(12)18)16(19)17-11-10-13-6-3-2-4-7-13/h5-6,8-9,18H,2-4,7,10-11H2,1H3,(H,17,19). The Morgan fingerprint density at radius 2 is 2.21 bits per heavy atom. The number of phenols is 1. The van der Waals surface area contributed by atoms with Crippen molar-refractivity contribution in [2.24, 2.45) is 0 Å². The Morgan fingerprint density at radius 3 is 2.95 bits per heavy atom. The molecule has 0 saturated carbocycles. The fraction of sp³-hybridized carbons (Fsp3) is 0.438. The summed E-state index contributed by atoms with van der Waals surface area (Å²) < 4.78 is 0. The van der Waals surface area contributed by atoms with Crippen LogP contribution in [-0.4, -0.2) is 17.6 Å². The summed E-state index contributed by atoms with van der Waals surface area (Å²) in [6.07, 6.45) is 8.14. The Kier molecular flexibility index (Phi) is 4.61. The normalized spacial score (nSPS) is 14.9. The molecule has 1 aliphatic carbocycles. The topological polar surface area (TPSA) is 49.3 Å². The van der Waals surface area contributed by atoms with Gasteiger partial charge in [0, 0.05) is 17.7 Å². The van der Waals surface area contributed by atoms with Crippen molar-refractivity contribution in [1.29, 1.82) is 0 Å². The lowest BCUT2D eigenvalue weighted by molar-refractivity contribution is 0.0953. The van der Waals surface area contributed by atoms with Crippen molar-refractivity contribution in [1.82, 2.24) is 5.32 Å². The minimum atomic E-state index is -0.107. The van der Waals surface area contributed by atoms with Crippen LogP contribution in [0.15, 0.2) is 29.8 Å². The van der Waals surface area contributed by atoms with Gasteiger partial charge in [-0.15, -0.1) is 0 Å². The lowest BCUT2D eigenvalue weighted by Gasteiger charge is -2.13. The molecule has 0 aliphatic heterocycles. The molecule has 0 atom stereocenters. The summed E-state index contributed by atoms with van der Waals surface area (Å²) in [5.74, 6) is 0.0625. The molecule has 1 aliphatic rings. The van der Waals surface area contributed by atoms with Crippen LogP contribution < -0.4 is 5.32 Å². The molecule has 0 radical (unpaired) electrons. The highest BCUT2D eigenvalue weighted by Gasteiger charge is 2.11. The van der Waals surface area contributed by atoms with Crippen molar-refractivity contribution in [2.75, 3.05) is 6.54 Å². The average Bonchev–Trinajstić information content (AvgIpc) is 2.43. The first kappa shape index (κ1) is 13.7. The third-order valence-electron chi connectivity index (χ3n) is 3.67. The maximum atomic E-state index is 12.0. The molecule has 0 spiro atoms. The van der Waals surface area contributed by atoms with Crippen LogP contribution >= 0.6 is 0 Å². The quantitative estimate of drug-likeness (QED) is 0.815. The molecule has 1 aromatic carbocycles. The number of hydrogen-bond donors (Lipinski definition) is 2. The van der Waals surface area contributed by atoms with E-state index in [-0.39, 0.29) is 11.7 Å². The van der Waals surface area contributed by atoms with Crippen LogP contribution in [0.1, 0.15) is 48.0 Å². The van der Waals surface area contributed by atoms with Gasteiger partial charge < -0.3 is 10.4 Å². The smallest absolute Gasteiger partial charge is 0.251 e. The molecule has 0 fully saturated rings. The predicted molar refractivity (Wildman–Crippen MR) is 76.3 cm³/mol. The average molecular weight is 259 g/mol. The second-order valence-electron chi connectivity index (χ2n) is 5.06. The molecule has 0 bridgehead atoms. The Morgan fingerprint density at radius 1 is 1.37 bits per heavy atom. The Labute approximate surface area is 114 Å². The molecule has 3 heteroatoms. The number of nitrogens with one attached hydrogen (secondary N) is 1. The number of carbonyl (C=O) groups excluding carboxylic acids is 1. The Balaban J connectivity index is 1.87. The van der Waals surface area contributed by atoms with E-state index in [4.69, 9.17) is 0 Å². The maximum Gasteiger partial charge on any atom is 0.251 e. The number of benzene rings is 1. The number of carbonyl (C=O) groups is 1. The van der Waals surface area contributed by atoms with Crippen molar-refractivity contribution < 1.29 is 9.90 Å². The predicted octanol–water partition coefficient (Wildman–Crippen LogP) is 3.32. The molecule has 3 nitrogen and oxygen atoms in total. The van der Waals surface area contributed by atoms with Gasteiger partial charge in [0.15, 0.2) is 0 Å². The first-order valence-corrected chi connectivity index (χ1v) is 6.93. The van der Waals surface area contributed by atoms with Gasteiger partial charge >= 0.3 is 0 Å². The molecule has 102 valence electrons. The minimum absolute atomic E-state index is 0.107. The molecular weight excluding hydrogens is 238 g/mol. The van der Waals surface area contributed by atoms with Crippen molar-refractivity contribution >= 4 is 5.91 Å². The number of rotatable bonds is 4. The zero-order valence-corrected chi connectivity index (χ0v) is 11.4. The van der Waals surface area contributed by atoms with Crippen LogP contribution in [0.2, 0.25) is 0 Å². The van der Waals surface area contributed by atoms with Crippen molar-refractivity contribution in [3.05, 3.63) is 41.0 Å². The third kappa shape index (κ3) is 3.60. The third-order valence-corrected chi connectivity index (χ3v) is 3.67. The molecule has 0 aromatic heterocycles. The number of phenolic OH excluding ortho intramolecular Hbond substituents is 1. The second kappa shape index (κ2) is 6.41. The largest absolute Gasteiger partial charge is 0.508 e. The molecule has 0 heterocycles. The highest BCUT2D eigenvalue weighted by molar-refractivity contribution is 5.96. The highest BCUT2D eigenvalue weighted by atomic mass is 16.3. The van der Waals surface area contributed by atoms with E-state index in [0.717, 1.165) is 6.42 Å². The number of amides is 1. The molecule has 2 N–H and O–H groups in total. The summed E-state index contributed by atoms with van der Waals surface area (Å²) in [5, 5.41) is 12.5. The van der Waals surface area contributed by atoms with Crippen LogP contribution in [0.4, 0.5) is 0 Å². The van der Waals surface area contributed by atoms with Gasteiger partial charge in [0.2, 0.25) is 0 Å². The van der Waals surface area contributed by atoms with Gasteiger partial charge in [-0.05, 0) is 51.2 Å². The highest BCUT2D eigenvalue weighted by Crippen LogP contribution is 2.20. The van der Waals surface area contributed by atoms with E-state index in [9.17, 15) is 9.90 Å². The van der Waals surface area contributed by atoms with E-state index in [0.29, 0.717) is 17.7 Å². The fourth-order valence-corrected chi connectivity index (χ4v) is 2.43. The van der Waals surface area contributed by atoms with Gasteiger partial charge in [-0.1, -0.05) is 17.7 Å². The molecule has 0 saturated heterocycles. The number of allylic oxidation sites excluding steroid dienone is 1. The molecule has 19 heavy (non-hydrogen) atoms. The molecule has 1 amide bonds. The number of hydrogen-bond acceptors (Lipinski definition) is 2. The fourth-order valence-electron chi connectivity index (χ4n) is 2.43. The van der Waals surface area contributed by atoms with Gasteiger partial charge in [-0.25, -0.2) is 0 Å². The van der Waals surface area contributed by atoms with Crippen molar-refractivity contribution in [3.8, 4) is 5.75 Å². The lowest BCUT2D eigenvalue weighted by atomic mass is 9.97. The summed E-state index contributed by atoms with van der Waals surface area (Å²) in [7, 11) is 0. The van der Waals surface area contributed by atoms with Crippen molar-refractivity contribution in [3.63, 3.8) is 0 Å². The summed E-state index contributed by atoms with van der Waals surface area (Å²) in [5.41, 5.74) is 2.65. The van der Waals surface area contributed by atoms with Crippen LogP contribution in [0.3, 0.4) is 0 Å². The van der Waals surface area contributed by atoms with E-state index < -0.39 is 0 Å². The lowest BCUT2D eigenvalue weighted by Crippen LogP contribution is -2.25. The minimum Gasteiger partial charge on any atom is -0.508 e. The van der Waals surface area contributed by atoms with E-state index in [1.54, 1.807) is 25.1 Å². The maximum absolute atomic E-state index is 12.0. The van der Waals surface area contributed by atoms with Gasteiger partial charge in [-0.3, -0.25) is 4.79 Å². The second-order valence-corrected chi connectivity index (χ2v) is 5.06. The zero-order valence-electron chi connectivity index (χ0n) is 11.4. The van der Waals surface area contributed by atoms with Gasteiger partial charge in [0.1, 0.15) is 5.75 Å². The number of aromatic hydroxyl groups is 1. The van der Waals surface area contributed by atoms with Gasteiger partial charge in [-0.2, -0.15) is 0 Å². The Hall–Kier alpha value is -1.77. The van der Waals surface area contributed by atoms with E-state index in [2.05, 4.69) is 11.4 Å². The molecular formula is C16H21NO2. The zero-order chi connectivity index (χ0) is 13.7. The van der Waals surface area contributed by atoms with Crippen LogP contribution in [0, 0.1) is 6.92 Å². The summed E-state index contributed by atoms with van der Waals surface area (Å²) in [4.78, 5) is 12.0. The monoisotopic (exact) mass is 259 g/mol. The van der Waals surface area contributed by atoms with E-state index in [1.165, 1.54) is 31.3 Å². The van der Waals surface area contributed by atoms with Crippen LogP contribution in [-0.2, 0) is 0 Å². The van der Waals surface area contributed by atoms with Crippen LogP contribution in [0.25, 0.3) is 0 Å². The summed E-state index contributed by atoms with van der Waals surface area (Å²) in [6.45, 7) is 2.42.